The average Bonchev–Trinajstić information content (AvgIpc) is 2.82. The van der Waals surface area contributed by atoms with Crippen LogP contribution in [-0.4, -0.2) is 40.3 Å². The molecule has 86 valence electrons. The van der Waals surface area contributed by atoms with Crippen molar-refractivity contribution in [3.8, 4) is 5.88 Å². The zero-order chi connectivity index (χ0) is 11.4. The molecule has 3 N–H and O–H groups in total. The predicted octanol–water partition coefficient (Wildman–Crippen LogP) is -0.261. The minimum atomic E-state index is -0.0803. The van der Waals surface area contributed by atoms with Gasteiger partial charge in [0.05, 0.1) is 25.6 Å². The lowest BCUT2D eigenvalue weighted by molar-refractivity contribution is 0.137. The monoisotopic (exact) mass is 224 g/mol. The van der Waals surface area contributed by atoms with Crippen molar-refractivity contribution >= 4 is 5.84 Å². The van der Waals surface area contributed by atoms with Gasteiger partial charge in [-0.1, -0.05) is 5.16 Å². The van der Waals surface area contributed by atoms with Gasteiger partial charge >= 0.3 is 0 Å². The van der Waals surface area contributed by atoms with Crippen molar-refractivity contribution in [2.45, 2.75) is 12.5 Å². The molecule has 2 rings (SSSR count). The maximum Gasteiger partial charge on any atom is 0.232 e. The van der Waals surface area contributed by atoms with Crippen LogP contribution in [0.15, 0.2) is 17.5 Å². The number of hydrogen-bond acceptors (Lipinski definition) is 6. The first-order valence-electron chi connectivity index (χ1n) is 4.84. The van der Waals surface area contributed by atoms with Crippen LogP contribution in [0, 0.1) is 0 Å². The highest BCUT2D eigenvalue weighted by molar-refractivity contribution is 5.94. The highest BCUT2D eigenvalue weighted by Crippen LogP contribution is 2.13. The number of hydrogen-bond donors (Lipinski definition) is 2. The Bertz CT molecular complexity index is 373. The van der Waals surface area contributed by atoms with Gasteiger partial charge in [-0.15, -0.1) is 0 Å². The van der Waals surface area contributed by atoms with Crippen LogP contribution in [0.25, 0.3) is 0 Å². The molecular weight excluding hydrogens is 212 g/mol. The first-order chi connectivity index (χ1) is 7.79. The molecule has 0 saturated carbocycles. The number of amidine groups is 1. The van der Waals surface area contributed by atoms with Crippen molar-refractivity contribution < 1.29 is 14.7 Å². The molecule has 1 atom stereocenters. The second-order valence-electron chi connectivity index (χ2n) is 3.33. The fourth-order valence-electron chi connectivity index (χ4n) is 1.34. The zero-order valence-electron chi connectivity index (χ0n) is 8.54. The average molecular weight is 224 g/mol. The molecule has 0 radical (unpaired) electrons. The molecule has 16 heavy (non-hydrogen) atoms. The van der Waals surface area contributed by atoms with Crippen LogP contribution in [0.4, 0.5) is 0 Å². The second kappa shape index (κ2) is 4.75. The molecule has 0 bridgehead atoms. The van der Waals surface area contributed by atoms with Crippen LogP contribution >= 0.6 is 0 Å². The molecule has 0 amide bonds. The van der Waals surface area contributed by atoms with Crippen LogP contribution in [0.3, 0.4) is 0 Å². The van der Waals surface area contributed by atoms with Gasteiger partial charge in [-0.2, -0.15) is 0 Å². The Balaban J connectivity index is 2.01. The summed E-state index contributed by atoms with van der Waals surface area (Å²) in [7, 11) is 0. The smallest absolute Gasteiger partial charge is 0.232 e. The van der Waals surface area contributed by atoms with E-state index in [0.29, 0.717) is 24.8 Å². The summed E-state index contributed by atoms with van der Waals surface area (Å²) in [6.45, 7) is 1.28. The number of rotatable bonds is 3. The van der Waals surface area contributed by atoms with E-state index in [-0.39, 0.29) is 11.9 Å². The van der Waals surface area contributed by atoms with Crippen LogP contribution in [0.5, 0.6) is 5.88 Å². The third-order valence-corrected chi connectivity index (χ3v) is 2.17. The van der Waals surface area contributed by atoms with E-state index in [1.54, 1.807) is 0 Å². The van der Waals surface area contributed by atoms with Gasteiger partial charge < -0.3 is 20.4 Å². The molecular formula is C9H12N4O3. The Kier molecular flexibility index (Phi) is 3.16. The van der Waals surface area contributed by atoms with Crippen molar-refractivity contribution in [2.24, 2.45) is 10.9 Å². The Labute approximate surface area is 91.9 Å². The first-order valence-corrected chi connectivity index (χ1v) is 4.84. The minimum absolute atomic E-state index is 0.0315. The van der Waals surface area contributed by atoms with Crippen LogP contribution in [0.1, 0.15) is 12.1 Å². The number of nitrogens with two attached hydrogens (primary N) is 1. The SMILES string of the molecule is NC(=NO)c1cnc(OC2CCOC2)cn1. The van der Waals surface area contributed by atoms with Gasteiger partial charge in [0.25, 0.3) is 0 Å². The Morgan fingerprint density at radius 1 is 1.56 bits per heavy atom. The number of ether oxygens (including phenoxy) is 2. The molecule has 0 spiro atoms. The molecule has 0 aliphatic carbocycles. The molecule has 7 nitrogen and oxygen atoms in total. The minimum Gasteiger partial charge on any atom is -0.471 e. The van der Waals surface area contributed by atoms with Gasteiger partial charge in [-0.05, 0) is 0 Å². The van der Waals surface area contributed by atoms with E-state index < -0.39 is 0 Å². The summed E-state index contributed by atoms with van der Waals surface area (Å²) in [5.74, 6) is 0.327. The van der Waals surface area contributed by atoms with Crippen molar-refractivity contribution in [1.29, 1.82) is 0 Å². The van der Waals surface area contributed by atoms with Crippen molar-refractivity contribution in [2.75, 3.05) is 13.2 Å². The molecule has 1 fully saturated rings. The number of oxime groups is 1. The summed E-state index contributed by atoms with van der Waals surface area (Å²) >= 11 is 0. The lowest BCUT2D eigenvalue weighted by Gasteiger charge is -2.09. The quantitative estimate of drug-likeness (QED) is 0.317. The maximum absolute atomic E-state index is 8.43. The van der Waals surface area contributed by atoms with Crippen molar-refractivity contribution in [1.82, 2.24) is 9.97 Å². The summed E-state index contributed by atoms with van der Waals surface area (Å²) in [5, 5.41) is 11.3. The van der Waals surface area contributed by atoms with E-state index in [0.717, 1.165) is 6.42 Å². The van der Waals surface area contributed by atoms with Gasteiger partial charge in [-0.25, -0.2) is 9.97 Å². The van der Waals surface area contributed by atoms with Gasteiger partial charge in [-0.3, -0.25) is 0 Å². The molecule has 0 aromatic carbocycles. The van der Waals surface area contributed by atoms with Gasteiger partial charge in [0, 0.05) is 6.42 Å². The first kappa shape index (κ1) is 10.6. The largest absolute Gasteiger partial charge is 0.471 e. The molecule has 1 aromatic heterocycles. The summed E-state index contributed by atoms with van der Waals surface area (Å²) in [6.07, 6.45) is 3.71. The van der Waals surface area contributed by atoms with Crippen LogP contribution in [-0.2, 0) is 4.74 Å². The Morgan fingerprint density at radius 3 is 3.00 bits per heavy atom. The van der Waals surface area contributed by atoms with E-state index in [1.807, 2.05) is 0 Å². The predicted molar refractivity (Wildman–Crippen MR) is 54.4 cm³/mol. The van der Waals surface area contributed by atoms with Crippen LogP contribution in [0.2, 0.25) is 0 Å². The maximum atomic E-state index is 8.43. The van der Waals surface area contributed by atoms with E-state index in [2.05, 4.69) is 15.1 Å². The third kappa shape index (κ3) is 2.37. The highest BCUT2D eigenvalue weighted by atomic mass is 16.5. The lowest BCUT2D eigenvalue weighted by Crippen LogP contribution is -2.18. The molecule has 1 unspecified atom stereocenters. The van der Waals surface area contributed by atoms with Crippen molar-refractivity contribution in [3.05, 3.63) is 18.1 Å². The molecule has 1 aliphatic heterocycles. The summed E-state index contributed by atoms with van der Waals surface area (Å²) in [4.78, 5) is 7.95. The zero-order valence-corrected chi connectivity index (χ0v) is 8.54. The second-order valence-corrected chi connectivity index (χ2v) is 3.33. The lowest BCUT2D eigenvalue weighted by atomic mass is 10.3. The van der Waals surface area contributed by atoms with Crippen molar-refractivity contribution in [3.63, 3.8) is 0 Å². The van der Waals surface area contributed by atoms with Crippen LogP contribution < -0.4 is 10.5 Å². The Morgan fingerprint density at radius 2 is 2.44 bits per heavy atom. The van der Waals surface area contributed by atoms with E-state index >= 15 is 0 Å². The number of nitrogens with zero attached hydrogens (tertiary/aromatic N) is 3. The standard InChI is InChI=1S/C9H12N4O3/c10-9(13-14)7-3-12-8(4-11-7)16-6-1-2-15-5-6/h3-4,6,14H,1-2,5H2,(H2,10,13). The molecule has 2 heterocycles. The number of aromatic nitrogens is 2. The topological polar surface area (TPSA) is 103 Å². The van der Waals surface area contributed by atoms with E-state index in [1.165, 1.54) is 12.4 Å². The molecule has 1 aromatic rings. The summed E-state index contributed by atoms with van der Waals surface area (Å²) < 4.78 is 10.7. The Hall–Kier alpha value is -1.89. The third-order valence-electron chi connectivity index (χ3n) is 2.17. The summed E-state index contributed by atoms with van der Waals surface area (Å²) in [6, 6.07) is 0. The summed E-state index contributed by atoms with van der Waals surface area (Å²) in [5.41, 5.74) is 5.65. The fraction of sp³-hybridized carbons (Fsp3) is 0.444. The van der Waals surface area contributed by atoms with E-state index in [9.17, 15) is 0 Å². The van der Waals surface area contributed by atoms with Gasteiger partial charge in [0.1, 0.15) is 11.8 Å². The molecule has 1 aliphatic rings. The normalized spacial score (nSPS) is 21.0. The highest BCUT2D eigenvalue weighted by Gasteiger charge is 2.17. The molecule has 7 heteroatoms. The van der Waals surface area contributed by atoms with Gasteiger partial charge in [0.15, 0.2) is 5.84 Å². The van der Waals surface area contributed by atoms with E-state index in [4.69, 9.17) is 20.4 Å². The van der Waals surface area contributed by atoms with Gasteiger partial charge in [0.2, 0.25) is 5.88 Å². The fourth-order valence-corrected chi connectivity index (χ4v) is 1.34. The molecule has 1 saturated heterocycles.